The van der Waals surface area contributed by atoms with Crippen LogP contribution in [-0.2, 0) is 0 Å². The molecular weight excluding hydrogens is 234 g/mol. The minimum Gasteiger partial charge on any atom is -0.369 e. The van der Waals surface area contributed by atoms with Crippen molar-refractivity contribution >= 4 is 17.3 Å². The molecule has 2 saturated heterocycles. The van der Waals surface area contributed by atoms with Crippen LogP contribution in [0.15, 0.2) is 18.3 Å². The summed E-state index contributed by atoms with van der Waals surface area (Å²) in [6.45, 7) is 3.42. The van der Waals surface area contributed by atoms with Crippen molar-refractivity contribution in [1.82, 2.24) is 10.3 Å². The van der Waals surface area contributed by atoms with Gasteiger partial charge in [-0.2, -0.15) is 0 Å². The van der Waals surface area contributed by atoms with Crippen LogP contribution in [0.3, 0.4) is 0 Å². The lowest BCUT2D eigenvalue weighted by Gasteiger charge is -2.26. The van der Waals surface area contributed by atoms with Crippen molar-refractivity contribution < 1.29 is 0 Å². The van der Waals surface area contributed by atoms with Crippen LogP contribution >= 0.6 is 11.6 Å². The van der Waals surface area contributed by atoms with Gasteiger partial charge in [0.15, 0.2) is 0 Å². The fourth-order valence-corrected chi connectivity index (χ4v) is 3.16. The average Bonchev–Trinajstić information content (AvgIpc) is 2.68. The van der Waals surface area contributed by atoms with Gasteiger partial charge in [-0.25, -0.2) is 4.98 Å². The molecule has 0 unspecified atom stereocenters. The second-order valence-corrected chi connectivity index (χ2v) is 5.42. The van der Waals surface area contributed by atoms with Crippen molar-refractivity contribution in [1.29, 1.82) is 0 Å². The highest BCUT2D eigenvalue weighted by atomic mass is 35.5. The maximum atomic E-state index is 5.83. The maximum absolute atomic E-state index is 5.83. The first kappa shape index (κ1) is 11.3. The Morgan fingerprint density at radius 3 is 3.12 bits per heavy atom. The molecule has 92 valence electrons. The minimum absolute atomic E-state index is 0.570. The first-order valence-corrected chi connectivity index (χ1v) is 6.80. The summed E-state index contributed by atoms with van der Waals surface area (Å²) in [6, 6.07) is 4.61. The Morgan fingerprint density at radius 2 is 2.29 bits per heavy atom. The predicted molar refractivity (Wildman–Crippen MR) is 70.6 cm³/mol. The number of pyridine rings is 1. The summed E-state index contributed by atoms with van der Waals surface area (Å²) in [7, 11) is 0. The molecule has 0 spiro atoms. The Bertz CT molecular complexity index is 379. The Labute approximate surface area is 107 Å². The standard InChI is InChI=1S/C13H18ClN3/c14-13-4-3-11(8-16-13)17-7-1-2-10-5-6-15-12(10)9-17/h3-4,8,10,12,15H,1-2,5-7,9H2/t10-,12-/m0/s1. The zero-order valence-corrected chi connectivity index (χ0v) is 10.7. The van der Waals surface area contributed by atoms with Gasteiger partial charge in [-0.05, 0) is 43.9 Å². The summed E-state index contributed by atoms with van der Waals surface area (Å²) in [5, 5.41) is 4.19. The molecule has 1 aromatic rings. The van der Waals surface area contributed by atoms with Gasteiger partial charge in [0.1, 0.15) is 5.15 Å². The Morgan fingerprint density at radius 1 is 1.35 bits per heavy atom. The van der Waals surface area contributed by atoms with E-state index in [9.17, 15) is 0 Å². The van der Waals surface area contributed by atoms with Gasteiger partial charge >= 0.3 is 0 Å². The molecule has 2 atom stereocenters. The SMILES string of the molecule is Clc1ccc(N2CCC[C@H]3CCN[C@H]3C2)cn1. The molecule has 3 rings (SSSR count). The third-order valence-corrected chi connectivity index (χ3v) is 4.21. The van der Waals surface area contributed by atoms with E-state index >= 15 is 0 Å². The summed E-state index contributed by atoms with van der Waals surface area (Å²) >= 11 is 5.83. The average molecular weight is 252 g/mol. The zero-order chi connectivity index (χ0) is 11.7. The molecule has 3 nitrogen and oxygen atoms in total. The molecule has 0 saturated carbocycles. The summed E-state index contributed by atoms with van der Waals surface area (Å²) in [4.78, 5) is 6.61. The quantitative estimate of drug-likeness (QED) is 0.777. The normalized spacial score (nSPS) is 28.9. The van der Waals surface area contributed by atoms with E-state index in [1.54, 1.807) is 0 Å². The fourth-order valence-electron chi connectivity index (χ4n) is 3.04. The molecule has 2 aliphatic rings. The van der Waals surface area contributed by atoms with E-state index in [-0.39, 0.29) is 0 Å². The van der Waals surface area contributed by atoms with Gasteiger partial charge in [0, 0.05) is 19.1 Å². The number of nitrogens with one attached hydrogen (secondary N) is 1. The van der Waals surface area contributed by atoms with E-state index in [0.717, 1.165) is 19.0 Å². The van der Waals surface area contributed by atoms with Crippen LogP contribution in [0.2, 0.25) is 5.15 Å². The van der Waals surface area contributed by atoms with Crippen molar-refractivity contribution in [3.05, 3.63) is 23.5 Å². The molecule has 0 radical (unpaired) electrons. The van der Waals surface area contributed by atoms with Crippen LogP contribution in [0, 0.1) is 5.92 Å². The topological polar surface area (TPSA) is 28.2 Å². The Kier molecular flexibility index (Phi) is 3.21. The Hall–Kier alpha value is -0.800. The number of rotatable bonds is 1. The maximum Gasteiger partial charge on any atom is 0.129 e. The van der Waals surface area contributed by atoms with Crippen LogP contribution in [0.4, 0.5) is 5.69 Å². The molecule has 17 heavy (non-hydrogen) atoms. The first-order valence-electron chi connectivity index (χ1n) is 6.43. The molecule has 3 heterocycles. The molecule has 0 bridgehead atoms. The number of aromatic nitrogens is 1. The van der Waals surface area contributed by atoms with E-state index in [1.165, 1.54) is 31.5 Å². The smallest absolute Gasteiger partial charge is 0.129 e. The van der Waals surface area contributed by atoms with E-state index in [0.29, 0.717) is 11.2 Å². The highest BCUT2D eigenvalue weighted by Crippen LogP contribution is 2.27. The third kappa shape index (κ3) is 2.40. The zero-order valence-electron chi connectivity index (χ0n) is 9.90. The van der Waals surface area contributed by atoms with Crippen molar-refractivity contribution in [2.75, 3.05) is 24.5 Å². The van der Waals surface area contributed by atoms with Crippen molar-refractivity contribution in [3.63, 3.8) is 0 Å². The van der Waals surface area contributed by atoms with E-state index in [2.05, 4.69) is 21.3 Å². The molecule has 0 amide bonds. The summed E-state index contributed by atoms with van der Waals surface area (Å²) in [5.41, 5.74) is 1.20. The Balaban J connectivity index is 1.76. The van der Waals surface area contributed by atoms with Gasteiger partial charge in [0.25, 0.3) is 0 Å². The van der Waals surface area contributed by atoms with Crippen LogP contribution in [-0.4, -0.2) is 30.7 Å². The lowest BCUT2D eigenvalue weighted by atomic mass is 9.97. The minimum atomic E-state index is 0.570. The monoisotopic (exact) mass is 251 g/mol. The number of hydrogen-bond acceptors (Lipinski definition) is 3. The van der Waals surface area contributed by atoms with Gasteiger partial charge in [-0.1, -0.05) is 11.6 Å². The molecule has 4 heteroatoms. The molecule has 1 N–H and O–H groups in total. The van der Waals surface area contributed by atoms with Crippen molar-refractivity contribution in [2.45, 2.75) is 25.3 Å². The van der Waals surface area contributed by atoms with Gasteiger partial charge < -0.3 is 10.2 Å². The number of fused-ring (bicyclic) bond motifs is 1. The number of hydrogen-bond donors (Lipinski definition) is 1. The summed E-state index contributed by atoms with van der Waals surface area (Å²) in [5.74, 6) is 0.875. The second kappa shape index (κ2) is 4.83. The summed E-state index contributed by atoms with van der Waals surface area (Å²) < 4.78 is 0. The number of halogens is 1. The lowest BCUT2D eigenvalue weighted by molar-refractivity contribution is 0.445. The van der Waals surface area contributed by atoms with Gasteiger partial charge in [-0.3, -0.25) is 0 Å². The summed E-state index contributed by atoms with van der Waals surface area (Å²) in [6.07, 6.45) is 5.87. The van der Waals surface area contributed by atoms with Gasteiger partial charge in [0.05, 0.1) is 11.9 Å². The lowest BCUT2D eigenvalue weighted by Crippen LogP contribution is -2.38. The highest BCUT2D eigenvalue weighted by Gasteiger charge is 2.30. The fraction of sp³-hybridized carbons (Fsp3) is 0.615. The largest absolute Gasteiger partial charge is 0.369 e. The molecule has 1 aromatic heterocycles. The second-order valence-electron chi connectivity index (χ2n) is 5.04. The van der Waals surface area contributed by atoms with E-state index in [4.69, 9.17) is 11.6 Å². The van der Waals surface area contributed by atoms with Crippen LogP contribution < -0.4 is 10.2 Å². The van der Waals surface area contributed by atoms with Gasteiger partial charge in [-0.15, -0.1) is 0 Å². The molecule has 0 aliphatic carbocycles. The molecule has 2 fully saturated rings. The number of nitrogens with zero attached hydrogens (tertiary/aromatic N) is 2. The molecular formula is C13H18ClN3. The van der Waals surface area contributed by atoms with Crippen molar-refractivity contribution in [2.24, 2.45) is 5.92 Å². The molecule has 0 aromatic carbocycles. The predicted octanol–water partition coefficient (Wildman–Crippen LogP) is 2.31. The van der Waals surface area contributed by atoms with Crippen LogP contribution in [0.5, 0.6) is 0 Å². The third-order valence-electron chi connectivity index (χ3n) is 3.99. The van der Waals surface area contributed by atoms with Crippen LogP contribution in [0.25, 0.3) is 0 Å². The highest BCUT2D eigenvalue weighted by molar-refractivity contribution is 6.29. The molecule has 2 aliphatic heterocycles. The van der Waals surface area contributed by atoms with Crippen LogP contribution in [0.1, 0.15) is 19.3 Å². The van der Waals surface area contributed by atoms with Gasteiger partial charge in [0.2, 0.25) is 0 Å². The van der Waals surface area contributed by atoms with E-state index in [1.807, 2.05) is 12.3 Å². The van der Waals surface area contributed by atoms with E-state index < -0.39 is 0 Å². The first-order chi connectivity index (χ1) is 8.33. The van der Waals surface area contributed by atoms with Crippen molar-refractivity contribution in [3.8, 4) is 0 Å². The number of anilines is 1.